The topological polar surface area (TPSA) is 58.9 Å². The first kappa shape index (κ1) is 19.3. The number of non-ortho nitro benzene ring substituents is 1. The van der Waals surface area contributed by atoms with E-state index in [1.54, 1.807) is 19.2 Å². The van der Waals surface area contributed by atoms with Crippen LogP contribution in [-0.4, -0.2) is 42.6 Å². The van der Waals surface area contributed by atoms with Gasteiger partial charge in [0.05, 0.1) is 11.5 Å². The monoisotopic (exact) mass is 369 g/mol. The number of nitrogens with zero attached hydrogens (tertiary/aromatic N) is 3. The van der Waals surface area contributed by atoms with Crippen molar-refractivity contribution >= 4 is 11.4 Å². The average Bonchev–Trinajstić information content (AvgIpc) is 2.85. The van der Waals surface area contributed by atoms with Gasteiger partial charge in [0.1, 0.15) is 0 Å². The number of methoxy groups -OCH3 is 1. The van der Waals surface area contributed by atoms with Crippen LogP contribution in [-0.2, 0) is 17.9 Å². The van der Waals surface area contributed by atoms with Crippen LogP contribution in [0.3, 0.4) is 0 Å². The van der Waals surface area contributed by atoms with Crippen molar-refractivity contribution in [1.82, 2.24) is 4.90 Å². The summed E-state index contributed by atoms with van der Waals surface area (Å²) in [5, 5.41) is 11.1. The molecule has 0 aromatic heterocycles. The minimum absolute atomic E-state index is 0.111. The predicted octanol–water partition coefficient (Wildman–Crippen LogP) is 3.84. The van der Waals surface area contributed by atoms with Crippen molar-refractivity contribution in [3.05, 3.63) is 69.8 Å². The molecule has 6 heteroatoms. The highest BCUT2D eigenvalue weighted by Gasteiger charge is 2.23. The summed E-state index contributed by atoms with van der Waals surface area (Å²) in [6.45, 7) is 6.38. The number of hydrogen-bond acceptors (Lipinski definition) is 5. The summed E-state index contributed by atoms with van der Waals surface area (Å²) >= 11 is 0. The summed E-state index contributed by atoms with van der Waals surface area (Å²) in [4.78, 5) is 15.6. The van der Waals surface area contributed by atoms with Gasteiger partial charge in [0.2, 0.25) is 0 Å². The summed E-state index contributed by atoms with van der Waals surface area (Å²) in [7, 11) is 1.62. The van der Waals surface area contributed by atoms with E-state index >= 15 is 0 Å². The normalized spacial score (nSPS) is 18.3. The van der Waals surface area contributed by atoms with Crippen LogP contribution in [0.5, 0.6) is 0 Å². The second-order valence-electron chi connectivity index (χ2n) is 7.08. The van der Waals surface area contributed by atoms with Gasteiger partial charge in [-0.3, -0.25) is 15.0 Å². The molecule has 1 atom stereocenters. The Morgan fingerprint density at radius 2 is 1.93 bits per heavy atom. The van der Waals surface area contributed by atoms with Crippen molar-refractivity contribution in [1.29, 1.82) is 0 Å². The summed E-state index contributed by atoms with van der Waals surface area (Å²) in [5.74, 6) is 0. The van der Waals surface area contributed by atoms with Crippen molar-refractivity contribution in [2.24, 2.45) is 0 Å². The van der Waals surface area contributed by atoms with Crippen molar-refractivity contribution in [3.63, 3.8) is 0 Å². The van der Waals surface area contributed by atoms with Gasteiger partial charge < -0.3 is 9.64 Å². The minimum atomic E-state index is -0.352. The standard InChI is InChI=1S/C21H27N3O3/c1-17-10-11-22(12-13-23(17)15-18-6-4-3-5-7-18)21-9-8-20(24(25)26)14-19(21)16-27-2/h3-9,14,17H,10-13,15-16H2,1-2H3. The zero-order valence-electron chi connectivity index (χ0n) is 16.0. The van der Waals surface area contributed by atoms with E-state index < -0.39 is 0 Å². The molecular formula is C21H27N3O3. The molecule has 0 amide bonds. The van der Waals surface area contributed by atoms with E-state index in [1.165, 1.54) is 5.56 Å². The van der Waals surface area contributed by atoms with E-state index in [9.17, 15) is 10.1 Å². The van der Waals surface area contributed by atoms with Crippen molar-refractivity contribution in [3.8, 4) is 0 Å². The lowest BCUT2D eigenvalue weighted by Crippen LogP contribution is -2.34. The maximum absolute atomic E-state index is 11.1. The molecule has 1 aliphatic heterocycles. The molecule has 0 aliphatic carbocycles. The first-order chi connectivity index (χ1) is 13.1. The Balaban J connectivity index is 1.76. The van der Waals surface area contributed by atoms with Gasteiger partial charge in [-0.25, -0.2) is 0 Å². The van der Waals surface area contributed by atoms with E-state index in [4.69, 9.17) is 4.74 Å². The van der Waals surface area contributed by atoms with Crippen LogP contribution >= 0.6 is 0 Å². The SMILES string of the molecule is COCc1cc([N+](=O)[O-])ccc1N1CCC(C)N(Cc2ccccc2)CC1. The first-order valence-electron chi connectivity index (χ1n) is 9.37. The van der Waals surface area contributed by atoms with Gasteiger partial charge in [-0.2, -0.15) is 0 Å². The van der Waals surface area contributed by atoms with Crippen LogP contribution < -0.4 is 4.90 Å². The molecule has 0 bridgehead atoms. The van der Waals surface area contributed by atoms with Gasteiger partial charge in [0.25, 0.3) is 5.69 Å². The number of nitro groups is 1. The fraction of sp³-hybridized carbons (Fsp3) is 0.429. The molecule has 0 N–H and O–H groups in total. The largest absolute Gasteiger partial charge is 0.380 e. The van der Waals surface area contributed by atoms with Crippen LogP contribution in [0.2, 0.25) is 0 Å². The average molecular weight is 369 g/mol. The van der Waals surface area contributed by atoms with Gasteiger partial charge in [0, 0.05) is 62.7 Å². The zero-order valence-corrected chi connectivity index (χ0v) is 16.0. The second kappa shape index (κ2) is 8.97. The summed E-state index contributed by atoms with van der Waals surface area (Å²) in [6, 6.07) is 16.1. The Labute approximate surface area is 160 Å². The third-order valence-corrected chi connectivity index (χ3v) is 5.24. The van der Waals surface area contributed by atoms with Crippen LogP contribution in [0.1, 0.15) is 24.5 Å². The lowest BCUT2D eigenvalue weighted by Gasteiger charge is -2.27. The molecule has 0 radical (unpaired) electrons. The number of ether oxygens (including phenoxy) is 1. The molecule has 144 valence electrons. The molecule has 1 saturated heterocycles. The van der Waals surface area contributed by atoms with E-state index in [1.807, 2.05) is 12.1 Å². The highest BCUT2D eigenvalue weighted by molar-refractivity contribution is 5.58. The highest BCUT2D eigenvalue weighted by atomic mass is 16.6. The van der Waals surface area contributed by atoms with Gasteiger partial charge in [-0.1, -0.05) is 30.3 Å². The quantitative estimate of drug-likeness (QED) is 0.572. The van der Waals surface area contributed by atoms with Gasteiger partial charge >= 0.3 is 0 Å². The molecule has 1 heterocycles. The van der Waals surface area contributed by atoms with Crippen LogP contribution in [0.15, 0.2) is 48.5 Å². The fourth-order valence-corrected chi connectivity index (χ4v) is 3.67. The minimum Gasteiger partial charge on any atom is -0.380 e. The van der Waals surface area contributed by atoms with E-state index in [0.717, 1.165) is 43.9 Å². The van der Waals surface area contributed by atoms with Crippen LogP contribution in [0.25, 0.3) is 0 Å². The molecule has 0 saturated carbocycles. The Morgan fingerprint density at radius 3 is 2.63 bits per heavy atom. The van der Waals surface area contributed by atoms with E-state index in [0.29, 0.717) is 12.6 Å². The molecule has 1 unspecified atom stereocenters. The Morgan fingerprint density at radius 1 is 1.15 bits per heavy atom. The van der Waals surface area contributed by atoms with Gasteiger partial charge in [-0.15, -0.1) is 0 Å². The molecule has 2 aromatic rings. The third kappa shape index (κ3) is 4.84. The lowest BCUT2D eigenvalue weighted by molar-refractivity contribution is -0.384. The van der Waals surface area contributed by atoms with Crippen LogP contribution in [0, 0.1) is 10.1 Å². The van der Waals surface area contributed by atoms with Crippen LogP contribution in [0.4, 0.5) is 11.4 Å². The highest BCUT2D eigenvalue weighted by Crippen LogP contribution is 2.28. The van der Waals surface area contributed by atoms with Crippen molar-refractivity contribution < 1.29 is 9.66 Å². The smallest absolute Gasteiger partial charge is 0.269 e. The number of hydrogen-bond donors (Lipinski definition) is 0. The summed E-state index contributed by atoms with van der Waals surface area (Å²) < 4.78 is 5.29. The number of benzene rings is 2. The fourth-order valence-electron chi connectivity index (χ4n) is 3.67. The maximum Gasteiger partial charge on any atom is 0.269 e. The first-order valence-corrected chi connectivity index (χ1v) is 9.37. The van der Waals surface area contributed by atoms with Crippen molar-refractivity contribution in [2.75, 3.05) is 31.6 Å². The molecule has 3 rings (SSSR count). The number of rotatable bonds is 6. The van der Waals surface area contributed by atoms with Crippen molar-refractivity contribution in [2.45, 2.75) is 32.5 Å². The molecule has 6 nitrogen and oxygen atoms in total. The summed E-state index contributed by atoms with van der Waals surface area (Å²) in [5.41, 5.74) is 3.35. The maximum atomic E-state index is 11.1. The molecule has 1 aliphatic rings. The predicted molar refractivity (Wildman–Crippen MR) is 107 cm³/mol. The zero-order chi connectivity index (χ0) is 19.2. The molecule has 27 heavy (non-hydrogen) atoms. The van der Waals surface area contributed by atoms with E-state index in [-0.39, 0.29) is 10.6 Å². The van der Waals surface area contributed by atoms with E-state index in [2.05, 4.69) is 41.0 Å². The Kier molecular flexibility index (Phi) is 6.42. The second-order valence-corrected chi connectivity index (χ2v) is 7.08. The Bertz CT molecular complexity index is 767. The number of anilines is 1. The molecule has 0 spiro atoms. The van der Waals surface area contributed by atoms with Gasteiger partial charge in [0.15, 0.2) is 0 Å². The Hall–Kier alpha value is -2.44. The van der Waals surface area contributed by atoms with Gasteiger partial charge in [-0.05, 0) is 25.0 Å². The third-order valence-electron chi connectivity index (χ3n) is 5.24. The summed E-state index contributed by atoms with van der Waals surface area (Å²) in [6.07, 6.45) is 1.05. The number of nitro benzene ring substituents is 1. The molecular weight excluding hydrogens is 342 g/mol. The molecule has 2 aromatic carbocycles. The lowest BCUT2D eigenvalue weighted by atomic mass is 10.1. The molecule has 1 fully saturated rings.